The van der Waals surface area contributed by atoms with Gasteiger partial charge in [-0.2, -0.15) is 0 Å². The van der Waals surface area contributed by atoms with Crippen molar-refractivity contribution in [2.75, 3.05) is 6.61 Å². The van der Waals surface area contributed by atoms with Gasteiger partial charge in [0.1, 0.15) is 6.33 Å². The van der Waals surface area contributed by atoms with Crippen LogP contribution in [0.5, 0.6) is 0 Å². The van der Waals surface area contributed by atoms with Crippen LogP contribution in [0.2, 0.25) is 0 Å². The lowest BCUT2D eigenvalue weighted by Gasteiger charge is -2.21. The first-order valence-corrected chi connectivity index (χ1v) is 9.48. The first-order valence-electron chi connectivity index (χ1n) is 9.48. The van der Waals surface area contributed by atoms with E-state index >= 15 is 0 Å². The number of hydrogen-bond donors (Lipinski definition) is 0. The second-order valence-corrected chi connectivity index (χ2v) is 6.68. The fraction of sp³-hybridized carbons (Fsp3) is 0.261. The summed E-state index contributed by atoms with van der Waals surface area (Å²) in [7, 11) is 0. The van der Waals surface area contributed by atoms with Crippen molar-refractivity contribution in [3.8, 4) is 22.4 Å². The van der Waals surface area contributed by atoms with Gasteiger partial charge in [0.25, 0.3) is 0 Å². The number of esters is 1. The Kier molecular flexibility index (Phi) is 4.97. The first-order chi connectivity index (χ1) is 13.3. The molecule has 0 radical (unpaired) electrons. The zero-order valence-electron chi connectivity index (χ0n) is 15.4. The van der Waals surface area contributed by atoms with Gasteiger partial charge in [-0.15, -0.1) is 0 Å². The van der Waals surface area contributed by atoms with Gasteiger partial charge < -0.3 is 4.74 Å². The average Bonchev–Trinajstić information content (AvgIpc) is 2.73. The Labute approximate surface area is 159 Å². The van der Waals surface area contributed by atoms with Crippen LogP contribution in [0, 0.1) is 0 Å². The molecule has 0 unspecified atom stereocenters. The SMILES string of the molecule is CCOC(=O)c1ncnc(-c2ccccc2)c1-c1cccc2c1CCCC2. The summed E-state index contributed by atoms with van der Waals surface area (Å²) in [6.45, 7) is 2.12. The number of aryl methyl sites for hydroxylation is 1. The quantitative estimate of drug-likeness (QED) is 0.625. The maximum atomic E-state index is 12.7. The lowest BCUT2D eigenvalue weighted by molar-refractivity contribution is 0.0520. The molecule has 136 valence electrons. The fourth-order valence-electron chi connectivity index (χ4n) is 3.83. The number of carbonyl (C=O) groups excluding carboxylic acids is 1. The third-order valence-electron chi connectivity index (χ3n) is 5.03. The normalized spacial score (nSPS) is 13.1. The molecule has 0 aliphatic heterocycles. The molecule has 2 aromatic carbocycles. The summed E-state index contributed by atoms with van der Waals surface area (Å²) in [5.41, 5.74) is 6.57. The summed E-state index contributed by atoms with van der Waals surface area (Å²) in [5.74, 6) is -0.402. The number of hydrogen-bond acceptors (Lipinski definition) is 4. The van der Waals surface area contributed by atoms with Crippen LogP contribution >= 0.6 is 0 Å². The molecule has 1 heterocycles. The molecule has 27 heavy (non-hydrogen) atoms. The lowest BCUT2D eigenvalue weighted by Crippen LogP contribution is -2.12. The molecule has 0 spiro atoms. The van der Waals surface area contributed by atoms with E-state index in [4.69, 9.17) is 4.74 Å². The molecule has 1 aliphatic rings. The summed E-state index contributed by atoms with van der Waals surface area (Å²) in [6, 6.07) is 16.3. The predicted octanol–water partition coefficient (Wildman–Crippen LogP) is 4.87. The maximum Gasteiger partial charge on any atom is 0.357 e. The topological polar surface area (TPSA) is 52.1 Å². The van der Waals surface area contributed by atoms with E-state index in [2.05, 4.69) is 28.2 Å². The van der Waals surface area contributed by atoms with Crippen LogP contribution in [0.4, 0.5) is 0 Å². The van der Waals surface area contributed by atoms with Crippen LogP contribution in [0.1, 0.15) is 41.4 Å². The lowest BCUT2D eigenvalue weighted by atomic mass is 9.84. The number of rotatable bonds is 4. The zero-order chi connectivity index (χ0) is 18.6. The first kappa shape index (κ1) is 17.4. The van der Waals surface area contributed by atoms with Gasteiger partial charge in [0, 0.05) is 11.1 Å². The number of carbonyl (C=O) groups is 1. The molecule has 4 heteroatoms. The Hall–Kier alpha value is -3.01. The van der Waals surface area contributed by atoms with Crippen LogP contribution in [0.15, 0.2) is 54.9 Å². The summed E-state index contributed by atoms with van der Waals surface area (Å²) in [4.78, 5) is 21.6. The zero-order valence-corrected chi connectivity index (χ0v) is 15.4. The van der Waals surface area contributed by atoms with Gasteiger partial charge in [0.2, 0.25) is 0 Å². The highest BCUT2D eigenvalue weighted by atomic mass is 16.5. The van der Waals surface area contributed by atoms with Crippen LogP contribution in [-0.2, 0) is 17.6 Å². The van der Waals surface area contributed by atoms with Crippen molar-refractivity contribution in [3.63, 3.8) is 0 Å². The van der Waals surface area contributed by atoms with E-state index in [1.807, 2.05) is 30.3 Å². The Balaban J connectivity index is 1.99. The van der Waals surface area contributed by atoms with E-state index in [1.165, 1.54) is 23.9 Å². The molecular weight excluding hydrogens is 336 g/mol. The van der Waals surface area contributed by atoms with Crippen molar-refractivity contribution < 1.29 is 9.53 Å². The van der Waals surface area contributed by atoms with Gasteiger partial charge in [0.05, 0.1) is 12.3 Å². The van der Waals surface area contributed by atoms with Crippen LogP contribution in [-0.4, -0.2) is 22.5 Å². The molecule has 3 aromatic rings. The molecule has 0 fully saturated rings. The van der Waals surface area contributed by atoms with Crippen LogP contribution in [0.3, 0.4) is 0 Å². The summed E-state index contributed by atoms with van der Waals surface area (Å²) in [6.07, 6.45) is 5.90. The Morgan fingerprint density at radius 1 is 1.00 bits per heavy atom. The summed E-state index contributed by atoms with van der Waals surface area (Å²) in [5, 5.41) is 0. The van der Waals surface area contributed by atoms with E-state index in [0.717, 1.165) is 41.6 Å². The van der Waals surface area contributed by atoms with Crippen molar-refractivity contribution in [1.82, 2.24) is 9.97 Å². The van der Waals surface area contributed by atoms with Crippen LogP contribution in [0.25, 0.3) is 22.4 Å². The average molecular weight is 358 g/mol. The van der Waals surface area contributed by atoms with Gasteiger partial charge in [0.15, 0.2) is 5.69 Å². The van der Waals surface area contributed by atoms with E-state index < -0.39 is 5.97 Å². The highest BCUT2D eigenvalue weighted by Gasteiger charge is 2.24. The van der Waals surface area contributed by atoms with Gasteiger partial charge in [-0.25, -0.2) is 14.8 Å². The highest BCUT2D eigenvalue weighted by Crippen LogP contribution is 2.38. The molecule has 0 saturated carbocycles. The highest BCUT2D eigenvalue weighted by molar-refractivity contribution is 6.00. The number of nitrogens with zero attached hydrogens (tertiary/aromatic N) is 2. The molecule has 4 rings (SSSR count). The molecule has 0 atom stereocenters. The van der Waals surface area contributed by atoms with Crippen molar-refractivity contribution in [1.29, 1.82) is 0 Å². The largest absolute Gasteiger partial charge is 0.461 e. The molecule has 0 N–H and O–H groups in total. The smallest absolute Gasteiger partial charge is 0.357 e. The van der Waals surface area contributed by atoms with E-state index in [9.17, 15) is 4.79 Å². The van der Waals surface area contributed by atoms with Gasteiger partial charge in [-0.3, -0.25) is 0 Å². The number of ether oxygens (including phenoxy) is 1. The van der Waals surface area contributed by atoms with Gasteiger partial charge in [-0.05, 0) is 49.3 Å². The Morgan fingerprint density at radius 3 is 2.63 bits per heavy atom. The van der Waals surface area contributed by atoms with Gasteiger partial charge in [-0.1, -0.05) is 48.5 Å². The number of fused-ring (bicyclic) bond motifs is 1. The standard InChI is InChI=1S/C23H22N2O2/c1-2-27-23(26)22-20(19-14-8-12-16-9-6-7-13-18(16)19)21(24-15-25-22)17-10-4-3-5-11-17/h3-5,8,10-12,14-15H,2,6-7,9,13H2,1H3. The number of benzene rings is 2. The third kappa shape index (κ3) is 3.35. The third-order valence-corrected chi connectivity index (χ3v) is 5.03. The number of aromatic nitrogens is 2. The van der Waals surface area contributed by atoms with Crippen LogP contribution < -0.4 is 0 Å². The molecule has 1 aliphatic carbocycles. The minimum atomic E-state index is -0.402. The van der Waals surface area contributed by atoms with Gasteiger partial charge >= 0.3 is 5.97 Å². The predicted molar refractivity (Wildman–Crippen MR) is 106 cm³/mol. The molecular formula is C23H22N2O2. The second kappa shape index (κ2) is 7.70. The Morgan fingerprint density at radius 2 is 1.81 bits per heavy atom. The molecule has 1 aromatic heterocycles. The van der Waals surface area contributed by atoms with Crippen molar-refractivity contribution in [2.24, 2.45) is 0 Å². The minimum Gasteiger partial charge on any atom is -0.461 e. The molecule has 4 nitrogen and oxygen atoms in total. The van der Waals surface area contributed by atoms with E-state index in [1.54, 1.807) is 6.92 Å². The minimum absolute atomic E-state index is 0.315. The second-order valence-electron chi connectivity index (χ2n) is 6.68. The van der Waals surface area contributed by atoms with Crippen molar-refractivity contribution in [3.05, 3.63) is 71.7 Å². The van der Waals surface area contributed by atoms with Crippen molar-refractivity contribution in [2.45, 2.75) is 32.6 Å². The van der Waals surface area contributed by atoms with E-state index in [0.29, 0.717) is 12.3 Å². The molecule has 0 bridgehead atoms. The molecule has 0 saturated heterocycles. The monoisotopic (exact) mass is 358 g/mol. The summed E-state index contributed by atoms with van der Waals surface area (Å²) >= 11 is 0. The maximum absolute atomic E-state index is 12.7. The Bertz CT molecular complexity index is 967. The van der Waals surface area contributed by atoms with E-state index in [-0.39, 0.29) is 0 Å². The van der Waals surface area contributed by atoms with Crippen molar-refractivity contribution >= 4 is 5.97 Å². The molecule has 0 amide bonds. The summed E-state index contributed by atoms with van der Waals surface area (Å²) < 4.78 is 5.30. The fourth-order valence-corrected chi connectivity index (χ4v) is 3.83.